The SMILES string of the molecule is O=[N+]([O-])c1cc2c(Cl)nc(Cl)nc2cc1F. The van der Waals surface area contributed by atoms with Crippen LogP contribution < -0.4 is 0 Å². The van der Waals surface area contributed by atoms with Crippen molar-refractivity contribution in [2.75, 3.05) is 0 Å². The molecule has 8 heteroatoms. The van der Waals surface area contributed by atoms with Gasteiger partial charge in [-0.05, 0) is 11.6 Å². The van der Waals surface area contributed by atoms with Gasteiger partial charge in [-0.15, -0.1) is 0 Å². The summed E-state index contributed by atoms with van der Waals surface area (Å²) in [7, 11) is 0. The van der Waals surface area contributed by atoms with E-state index in [9.17, 15) is 14.5 Å². The third-order valence-electron chi connectivity index (χ3n) is 1.89. The molecule has 0 atom stereocenters. The zero-order valence-electron chi connectivity index (χ0n) is 7.45. The van der Waals surface area contributed by atoms with Crippen LogP contribution in [0.15, 0.2) is 12.1 Å². The molecule has 0 fully saturated rings. The molecule has 0 unspecified atom stereocenters. The molecule has 0 amide bonds. The van der Waals surface area contributed by atoms with Crippen molar-refractivity contribution in [2.45, 2.75) is 0 Å². The first-order valence-electron chi connectivity index (χ1n) is 3.95. The number of nitrogens with zero attached hydrogens (tertiary/aromatic N) is 3. The highest BCUT2D eigenvalue weighted by atomic mass is 35.5. The molecule has 0 bridgehead atoms. The first kappa shape index (κ1) is 11.0. The van der Waals surface area contributed by atoms with Crippen molar-refractivity contribution >= 4 is 39.8 Å². The van der Waals surface area contributed by atoms with E-state index in [0.29, 0.717) is 0 Å². The summed E-state index contributed by atoms with van der Waals surface area (Å²) in [6, 6.07) is 1.87. The monoisotopic (exact) mass is 261 g/mol. The first-order chi connectivity index (χ1) is 7.49. The normalized spacial score (nSPS) is 10.7. The second-order valence-electron chi connectivity index (χ2n) is 2.86. The number of benzene rings is 1. The highest BCUT2D eigenvalue weighted by Crippen LogP contribution is 2.28. The Morgan fingerprint density at radius 3 is 2.62 bits per heavy atom. The van der Waals surface area contributed by atoms with Gasteiger partial charge in [0.15, 0.2) is 0 Å². The van der Waals surface area contributed by atoms with Gasteiger partial charge in [0, 0.05) is 17.5 Å². The van der Waals surface area contributed by atoms with E-state index in [1.165, 1.54) is 0 Å². The molecule has 0 aliphatic carbocycles. The number of fused-ring (bicyclic) bond motifs is 1. The molecule has 2 rings (SSSR count). The number of hydrogen-bond acceptors (Lipinski definition) is 4. The standard InChI is InChI=1S/C8H2Cl2FN3O2/c9-7-3-1-6(14(15)16)4(11)2-5(3)12-8(10)13-7/h1-2H. The van der Waals surface area contributed by atoms with E-state index in [4.69, 9.17) is 23.2 Å². The molecule has 1 aromatic heterocycles. The Morgan fingerprint density at radius 2 is 2.00 bits per heavy atom. The maximum atomic E-state index is 13.2. The molecular weight excluding hydrogens is 260 g/mol. The Balaban J connectivity index is 2.84. The Labute approximate surface area is 98.0 Å². The molecule has 0 N–H and O–H groups in total. The number of rotatable bonds is 1. The minimum absolute atomic E-state index is 0.0573. The summed E-state index contributed by atoms with van der Waals surface area (Å²) in [4.78, 5) is 17.0. The second-order valence-corrected chi connectivity index (χ2v) is 3.56. The van der Waals surface area contributed by atoms with Crippen molar-refractivity contribution in [2.24, 2.45) is 0 Å². The van der Waals surface area contributed by atoms with Crippen LogP contribution in [-0.2, 0) is 0 Å². The summed E-state index contributed by atoms with van der Waals surface area (Å²) in [6.07, 6.45) is 0. The zero-order valence-corrected chi connectivity index (χ0v) is 8.96. The molecule has 0 aliphatic rings. The van der Waals surface area contributed by atoms with Crippen molar-refractivity contribution < 1.29 is 9.31 Å². The van der Waals surface area contributed by atoms with Gasteiger partial charge in [-0.25, -0.2) is 9.97 Å². The average molecular weight is 262 g/mol. The quantitative estimate of drug-likeness (QED) is 0.343. The lowest BCUT2D eigenvalue weighted by Gasteiger charge is -2.00. The second kappa shape index (κ2) is 3.80. The van der Waals surface area contributed by atoms with E-state index in [2.05, 4.69) is 9.97 Å². The van der Waals surface area contributed by atoms with Crippen LogP contribution in [0.5, 0.6) is 0 Å². The van der Waals surface area contributed by atoms with Crippen molar-refractivity contribution in [3.05, 3.63) is 38.5 Å². The molecule has 1 aromatic carbocycles. The van der Waals surface area contributed by atoms with Crippen molar-refractivity contribution in [1.82, 2.24) is 9.97 Å². The lowest BCUT2D eigenvalue weighted by atomic mass is 10.2. The molecule has 16 heavy (non-hydrogen) atoms. The maximum absolute atomic E-state index is 13.2. The van der Waals surface area contributed by atoms with Crippen LogP contribution in [0.2, 0.25) is 10.4 Å². The molecule has 0 radical (unpaired) electrons. The highest BCUT2D eigenvalue weighted by molar-refractivity contribution is 6.35. The summed E-state index contributed by atoms with van der Waals surface area (Å²) >= 11 is 11.2. The van der Waals surface area contributed by atoms with E-state index >= 15 is 0 Å². The summed E-state index contributed by atoms with van der Waals surface area (Å²) in [5, 5.41) is 10.5. The highest BCUT2D eigenvalue weighted by Gasteiger charge is 2.17. The molecule has 5 nitrogen and oxygen atoms in total. The van der Waals surface area contributed by atoms with Crippen LogP contribution in [0.3, 0.4) is 0 Å². The molecule has 82 valence electrons. The fourth-order valence-electron chi connectivity index (χ4n) is 1.21. The number of hydrogen-bond donors (Lipinski definition) is 0. The first-order valence-corrected chi connectivity index (χ1v) is 4.71. The van der Waals surface area contributed by atoms with E-state index in [0.717, 1.165) is 12.1 Å². The Bertz CT molecular complexity index is 605. The topological polar surface area (TPSA) is 68.9 Å². The van der Waals surface area contributed by atoms with Crippen LogP contribution in [0.25, 0.3) is 10.9 Å². The van der Waals surface area contributed by atoms with Crippen LogP contribution in [-0.4, -0.2) is 14.9 Å². The zero-order chi connectivity index (χ0) is 11.9. The van der Waals surface area contributed by atoms with Gasteiger partial charge in [-0.2, -0.15) is 4.39 Å². The Kier molecular flexibility index (Phi) is 2.61. The summed E-state index contributed by atoms with van der Waals surface area (Å²) < 4.78 is 13.2. The van der Waals surface area contributed by atoms with Crippen LogP contribution in [0, 0.1) is 15.9 Å². The van der Waals surface area contributed by atoms with Crippen molar-refractivity contribution in [3.8, 4) is 0 Å². The fourth-order valence-corrected chi connectivity index (χ4v) is 1.66. The van der Waals surface area contributed by atoms with Gasteiger partial charge < -0.3 is 0 Å². The van der Waals surface area contributed by atoms with E-state index in [-0.39, 0.29) is 21.3 Å². The lowest BCUT2D eigenvalue weighted by molar-refractivity contribution is -0.387. The Hall–Kier alpha value is -1.53. The minimum Gasteiger partial charge on any atom is -0.258 e. The van der Waals surface area contributed by atoms with E-state index < -0.39 is 16.4 Å². The summed E-state index contributed by atoms with van der Waals surface area (Å²) in [5.41, 5.74) is -0.562. The number of nitro benzene ring substituents is 1. The molecule has 2 aromatic rings. The van der Waals surface area contributed by atoms with E-state index in [1.807, 2.05) is 0 Å². The number of halogens is 3. The molecule has 1 heterocycles. The minimum atomic E-state index is -0.997. The third-order valence-corrected chi connectivity index (χ3v) is 2.34. The number of nitro groups is 1. The third kappa shape index (κ3) is 1.77. The van der Waals surface area contributed by atoms with Gasteiger partial charge in [0.1, 0.15) is 5.15 Å². The number of aromatic nitrogens is 2. The predicted octanol–water partition coefficient (Wildman–Crippen LogP) is 2.98. The van der Waals surface area contributed by atoms with Gasteiger partial charge >= 0.3 is 5.69 Å². The average Bonchev–Trinajstić information content (AvgIpc) is 2.15. The van der Waals surface area contributed by atoms with Crippen LogP contribution >= 0.6 is 23.2 Å². The van der Waals surface area contributed by atoms with Crippen molar-refractivity contribution in [1.29, 1.82) is 0 Å². The molecule has 0 saturated carbocycles. The van der Waals surface area contributed by atoms with Gasteiger partial charge in [0.05, 0.1) is 10.4 Å². The predicted molar refractivity (Wildman–Crippen MR) is 56.2 cm³/mol. The Morgan fingerprint density at radius 1 is 1.31 bits per heavy atom. The van der Waals surface area contributed by atoms with Gasteiger partial charge in [0.25, 0.3) is 0 Å². The summed E-state index contributed by atoms with van der Waals surface area (Å²) in [5.74, 6) is -0.997. The van der Waals surface area contributed by atoms with Gasteiger partial charge in [-0.1, -0.05) is 11.6 Å². The maximum Gasteiger partial charge on any atom is 0.305 e. The molecule has 0 spiro atoms. The smallest absolute Gasteiger partial charge is 0.258 e. The van der Waals surface area contributed by atoms with Crippen molar-refractivity contribution in [3.63, 3.8) is 0 Å². The van der Waals surface area contributed by atoms with Gasteiger partial charge in [-0.3, -0.25) is 10.1 Å². The van der Waals surface area contributed by atoms with Crippen LogP contribution in [0.1, 0.15) is 0 Å². The largest absolute Gasteiger partial charge is 0.305 e. The van der Waals surface area contributed by atoms with Gasteiger partial charge in [0.2, 0.25) is 11.1 Å². The molecule has 0 saturated heterocycles. The fraction of sp³-hybridized carbons (Fsp3) is 0. The molecular formula is C8H2Cl2FN3O2. The lowest BCUT2D eigenvalue weighted by Crippen LogP contribution is -1.95. The summed E-state index contributed by atoms with van der Waals surface area (Å²) in [6.45, 7) is 0. The van der Waals surface area contributed by atoms with Crippen LogP contribution in [0.4, 0.5) is 10.1 Å². The van der Waals surface area contributed by atoms with E-state index in [1.54, 1.807) is 0 Å². The molecule has 0 aliphatic heterocycles.